The zero-order valence-corrected chi connectivity index (χ0v) is 9.12. The lowest BCUT2D eigenvalue weighted by molar-refractivity contribution is -0.139. The topological polar surface area (TPSA) is 104 Å². The van der Waals surface area contributed by atoms with Crippen molar-refractivity contribution in [2.24, 2.45) is 11.7 Å². The fourth-order valence-corrected chi connectivity index (χ4v) is 1.09. The van der Waals surface area contributed by atoms with Crippen LogP contribution in [0.25, 0.3) is 0 Å². The van der Waals surface area contributed by atoms with Crippen LogP contribution < -0.4 is 16.4 Å². The standard InChI is InChI=1S/C9H19N3O3/c1-6(2)5-7(8(13)14)12-9(15)11-4-3-10/h6-7H,3-5,10H2,1-2H3,(H,13,14)(H2,11,12,15)/t7-/m0/s1. The highest BCUT2D eigenvalue weighted by Crippen LogP contribution is 2.04. The molecule has 0 saturated carbocycles. The summed E-state index contributed by atoms with van der Waals surface area (Å²) >= 11 is 0. The van der Waals surface area contributed by atoms with Gasteiger partial charge in [-0.3, -0.25) is 0 Å². The van der Waals surface area contributed by atoms with E-state index in [4.69, 9.17) is 10.8 Å². The molecule has 0 heterocycles. The van der Waals surface area contributed by atoms with Crippen LogP contribution in [0.5, 0.6) is 0 Å². The lowest BCUT2D eigenvalue weighted by Crippen LogP contribution is -2.47. The number of hydrogen-bond acceptors (Lipinski definition) is 3. The van der Waals surface area contributed by atoms with Gasteiger partial charge in [-0.2, -0.15) is 0 Å². The predicted molar refractivity (Wildman–Crippen MR) is 56.5 cm³/mol. The summed E-state index contributed by atoms with van der Waals surface area (Å²) in [5.41, 5.74) is 5.19. The lowest BCUT2D eigenvalue weighted by Gasteiger charge is -2.16. The maximum Gasteiger partial charge on any atom is 0.326 e. The second kappa shape index (κ2) is 7.05. The summed E-state index contributed by atoms with van der Waals surface area (Å²) in [6.45, 7) is 4.46. The maximum absolute atomic E-state index is 11.2. The molecule has 0 bridgehead atoms. The molecule has 5 N–H and O–H groups in total. The van der Waals surface area contributed by atoms with Crippen LogP contribution in [0.3, 0.4) is 0 Å². The summed E-state index contributed by atoms with van der Waals surface area (Å²) in [4.78, 5) is 21.9. The van der Waals surface area contributed by atoms with Gasteiger partial charge >= 0.3 is 12.0 Å². The van der Waals surface area contributed by atoms with Gasteiger partial charge < -0.3 is 21.5 Å². The quantitative estimate of drug-likeness (QED) is 0.492. The molecule has 1 atom stereocenters. The number of carbonyl (C=O) groups is 2. The van der Waals surface area contributed by atoms with Crippen LogP contribution >= 0.6 is 0 Å². The molecule has 0 aliphatic carbocycles. The third kappa shape index (κ3) is 6.73. The molecule has 0 saturated heterocycles. The number of carboxylic acids is 1. The van der Waals surface area contributed by atoms with Crippen molar-refractivity contribution < 1.29 is 14.7 Å². The van der Waals surface area contributed by atoms with E-state index >= 15 is 0 Å². The smallest absolute Gasteiger partial charge is 0.326 e. The maximum atomic E-state index is 11.2. The number of nitrogens with one attached hydrogen (secondary N) is 2. The largest absolute Gasteiger partial charge is 0.480 e. The molecule has 15 heavy (non-hydrogen) atoms. The first-order valence-corrected chi connectivity index (χ1v) is 4.94. The molecule has 0 spiro atoms. The molecule has 0 aromatic heterocycles. The second-order valence-corrected chi connectivity index (χ2v) is 3.71. The Bertz CT molecular complexity index is 219. The van der Waals surface area contributed by atoms with Gasteiger partial charge in [0.15, 0.2) is 0 Å². The first kappa shape index (κ1) is 13.7. The highest BCUT2D eigenvalue weighted by Gasteiger charge is 2.20. The van der Waals surface area contributed by atoms with Crippen molar-refractivity contribution in [1.29, 1.82) is 0 Å². The molecular weight excluding hydrogens is 198 g/mol. The number of rotatable bonds is 6. The number of aliphatic carboxylic acids is 1. The zero-order valence-electron chi connectivity index (χ0n) is 9.12. The highest BCUT2D eigenvalue weighted by atomic mass is 16.4. The number of urea groups is 1. The van der Waals surface area contributed by atoms with Gasteiger partial charge in [0.05, 0.1) is 0 Å². The monoisotopic (exact) mass is 217 g/mol. The van der Waals surface area contributed by atoms with Crippen molar-refractivity contribution in [3.8, 4) is 0 Å². The Labute approximate surface area is 89.2 Å². The molecule has 6 nitrogen and oxygen atoms in total. The van der Waals surface area contributed by atoms with Crippen LogP contribution in [-0.4, -0.2) is 36.2 Å². The third-order valence-corrected chi connectivity index (χ3v) is 1.74. The van der Waals surface area contributed by atoms with Crippen molar-refractivity contribution in [2.75, 3.05) is 13.1 Å². The van der Waals surface area contributed by atoms with Gasteiger partial charge in [0.1, 0.15) is 6.04 Å². The van der Waals surface area contributed by atoms with Gasteiger partial charge in [-0.15, -0.1) is 0 Å². The van der Waals surface area contributed by atoms with Crippen molar-refractivity contribution in [3.63, 3.8) is 0 Å². The van der Waals surface area contributed by atoms with Gasteiger partial charge in [0.2, 0.25) is 0 Å². The van der Waals surface area contributed by atoms with E-state index in [2.05, 4.69) is 10.6 Å². The fourth-order valence-electron chi connectivity index (χ4n) is 1.09. The minimum atomic E-state index is -1.02. The van der Waals surface area contributed by atoms with E-state index in [1.54, 1.807) is 0 Å². The van der Waals surface area contributed by atoms with Crippen LogP contribution in [0.2, 0.25) is 0 Å². The molecule has 0 aromatic carbocycles. The van der Waals surface area contributed by atoms with E-state index in [-0.39, 0.29) is 5.92 Å². The Morgan fingerprint density at radius 1 is 1.40 bits per heavy atom. The summed E-state index contributed by atoms with van der Waals surface area (Å²) in [5, 5.41) is 13.7. The molecule has 0 aromatic rings. The molecule has 88 valence electrons. The van der Waals surface area contributed by atoms with Crippen molar-refractivity contribution in [3.05, 3.63) is 0 Å². The van der Waals surface area contributed by atoms with Crippen molar-refractivity contribution >= 4 is 12.0 Å². The lowest BCUT2D eigenvalue weighted by atomic mass is 10.0. The first-order valence-electron chi connectivity index (χ1n) is 4.94. The van der Waals surface area contributed by atoms with E-state index in [1.807, 2.05) is 13.8 Å². The average Bonchev–Trinajstić information content (AvgIpc) is 2.12. The Morgan fingerprint density at radius 3 is 2.40 bits per heavy atom. The van der Waals surface area contributed by atoms with Crippen molar-refractivity contribution in [2.45, 2.75) is 26.3 Å². The minimum Gasteiger partial charge on any atom is -0.480 e. The molecular formula is C9H19N3O3. The minimum absolute atomic E-state index is 0.209. The third-order valence-electron chi connectivity index (χ3n) is 1.74. The Morgan fingerprint density at radius 2 is 2.00 bits per heavy atom. The SMILES string of the molecule is CC(C)C[C@H](NC(=O)NCCN)C(=O)O. The summed E-state index contributed by atoms with van der Waals surface area (Å²) in [6.07, 6.45) is 0.408. The Hall–Kier alpha value is -1.30. The average molecular weight is 217 g/mol. The van der Waals surface area contributed by atoms with Gasteiger partial charge in [0, 0.05) is 13.1 Å². The molecule has 0 fully saturated rings. The fraction of sp³-hybridized carbons (Fsp3) is 0.778. The number of carboxylic acid groups (broad SMARTS) is 1. The van der Waals surface area contributed by atoms with Gasteiger partial charge in [-0.05, 0) is 12.3 Å². The van der Waals surface area contributed by atoms with Gasteiger partial charge in [0.25, 0.3) is 0 Å². The summed E-state index contributed by atoms with van der Waals surface area (Å²) in [7, 11) is 0. The molecule has 0 aliphatic rings. The van der Waals surface area contributed by atoms with Crippen LogP contribution in [-0.2, 0) is 4.79 Å². The van der Waals surface area contributed by atoms with Crippen LogP contribution in [0.1, 0.15) is 20.3 Å². The van der Waals surface area contributed by atoms with E-state index < -0.39 is 18.0 Å². The predicted octanol–water partition coefficient (Wildman–Crippen LogP) is -0.256. The first-order chi connectivity index (χ1) is 6.97. The molecule has 0 aliphatic heterocycles. The number of amides is 2. The molecule has 0 rings (SSSR count). The zero-order chi connectivity index (χ0) is 11.8. The summed E-state index contributed by atoms with van der Waals surface area (Å²) in [5.74, 6) is -0.812. The van der Waals surface area contributed by atoms with E-state index in [0.717, 1.165) is 0 Å². The molecule has 6 heteroatoms. The van der Waals surface area contributed by atoms with Crippen LogP contribution in [0, 0.1) is 5.92 Å². The van der Waals surface area contributed by atoms with Crippen LogP contribution in [0.4, 0.5) is 4.79 Å². The second-order valence-electron chi connectivity index (χ2n) is 3.71. The van der Waals surface area contributed by atoms with E-state index in [1.165, 1.54) is 0 Å². The highest BCUT2D eigenvalue weighted by molar-refractivity contribution is 5.82. The molecule has 0 radical (unpaired) electrons. The normalized spacial score (nSPS) is 12.3. The summed E-state index contributed by atoms with van der Waals surface area (Å²) < 4.78 is 0. The van der Waals surface area contributed by atoms with Gasteiger partial charge in [-0.1, -0.05) is 13.8 Å². The molecule has 0 unspecified atom stereocenters. The number of hydrogen-bond donors (Lipinski definition) is 4. The van der Waals surface area contributed by atoms with Gasteiger partial charge in [-0.25, -0.2) is 9.59 Å². The van der Waals surface area contributed by atoms with E-state index in [0.29, 0.717) is 19.5 Å². The van der Waals surface area contributed by atoms with Crippen molar-refractivity contribution in [1.82, 2.24) is 10.6 Å². The Kier molecular flexibility index (Phi) is 6.44. The van der Waals surface area contributed by atoms with E-state index in [9.17, 15) is 9.59 Å². The summed E-state index contributed by atoms with van der Waals surface area (Å²) in [6, 6.07) is -1.34. The molecule has 2 amide bonds. The number of nitrogens with two attached hydrogens (primary N) is 1. The number of carbonyl (C=O) groups excluding carboxylic acids is 1. The van der Waals surface area contributed by atoms with Crippen LogP contribution in [0.15, 0.2) is 0 Å². The Balaban J connectivity index is 4.05.